The maximum Gasteiger partial charge on any atom is 0.264 e. The number of anilines is 1. The van der Waals surface area contributed by atoms with Crippen molar-refractivity contribution in [2.24, 2.45) is 0 Å². The number of ether oxygens (including phenoxy) is 1. The highest BCUT2D eigenvalue weighted by molar-refractivity contribution is 7.92. The van der Waals surface area contributed by atoms with Crippen molar-refractivity contribution in [1.82, 2.24) is 10.2 Å². The predicted octanol–water partition coefficient (Wildman–Crippen LogP) is 4.53. The fraction of sp³-hybridized carbons (Fsp3) is 0.333. The molecule has 8 nitrogen and oxygen atoms in total. The minimum Gasteiger partial charge on any atom is -0.497 e. The number of carbonyl (C=O) groups is 2. The van der Waals surface area contributed by atoms with E-state index in [-0.39, 0.29) is 29.1 Å². The maximum atomic E-state index is 13.9. The van der Waals surface area contributed by atoms with Crippen molar-refractivity contribution in [1.29, 1.82) is 0 Å². The van der Waals surface area contributed by atoms with E-state index in [9.17, 15) is 18.0 Å². The second-order valence-electron chi connectivity index (χ2n) is 9.53. The zero-order valence-electron chi connectivity index (χ0n) is 23.1. The molecule has 0 spiro atoms. The van der Waals surface area contributed by atoms with Crippen LogP contribution in [0, 0.1) is 6.92 Å². The Morgan fingerprint density at radius 1 is 0.949 bits per heavy atom. The molecule has 2 amide bonds. The van der Waals surface area contributed by atoms with Gasteiger partial charge in [0, 0.05) is 18.7 Å². The molecular weight excluding hydrogens is 514 g/mol. The van der Waals surface area contributed by atoms with Gasteiger partial charge in [0.2, 0.25) is 11.8 Å². The number of nitrogens with zero attached hydrogens (tertiary/aromatic N) is 2. The van der Waals surface area contributed by atoms with E-state index in [2.05, 4.69) is 5.32 Å². The molecule has 208 valence electrons. The van der Waals surface area contributed by atoms with Gasteiger partial charge in [-0.2, -0.15) is 0 Å². The van der Waals surface area contributed by atoms with Crippen LogP contribution >= 0.6 is 0 Å². The van der Waals surface area contributed by atoms with Crippen molar-refractivity contribution in [3.63, 3.8) is 0 Å². The van der Waals surface area contributed by atoms with Crippen molar-refractivity contribution in [2.45, 2.75) is 57.6 Å². The van der Waals surface area contributed by atoms with Crippen molar-refractivity contribution in [3.05, 3.63) is 90.0 Å². The molecule has 0 bridgehead atoms. The number of carbonyl (C=O) groups excluding carboxylic acids is 2. The predicted molar refractivity (Wildman–Crippen MR) is 153 cm³/mol. The number of sulfonamides is 1. The molecule has 0 heterocycles. The maximum absolute atomic E-state index is 13.9. The van der Waals surface area contributed by atoms with Gasteiger partial charge in [0.25, 0.3) is 10.0 Å². The first-order valence-electron chi connectivity index (χ1n) is 12.9. The number of rotatable bonds is 12. The molecule has 2 atom stereocenters. The Morgan fingerprint density at radius 2 is 1.62 bits per heavy atom. The van der Waals surface area contributed by atoms with Crippen LogP contribution in [0.5, 0.6) is 5.75 Å². The summed E-state index contributed by atoms with van der Waals surface area (Å²) >= 11 is 0. The van der Waals surface area contributed by atoms with E-state index in [0.29, 0.717) is 5.75 Å². The topological polar surface area (TPSA) is 96.0 Å². The molecular formula is C30H37N3O5S. The summed E-state index contributed by atoms with van der Waals surface area (Å²) in [5.74, 6) is -0.362. The van der Waals surface area contributed by atoms with Crippen LogP contribution in [0.2, 0.25) is 0 Å². The number of nitrogens with one attached hydrogen (secondary N) is 1. The van der Waals surface area contributed by atoms with E-state index in [4.69, 9.17) is 4.74 Å². The van der Waals surface area contributed by atoms with Crippen LogP contribution < -0.4 is 14.4 Å². The fourth-order valence-corrected chi connectivity index (χ4v) is 5.38. The molecule has 0 saturated carbocycles. The second kappa shape index (κ2) is 13.3. The molecule has 0 radical (unpaired) electrons. The second-order valence-corrected chi connectivity index (χ2v) is 11.4. The lowest BCUT2D eigenvalue weighted by molar-refractivity contribution is -0.139. The Kier molecular flexibility index (Phi) is 10.1. The number of methoxy groups -OCH3 is 1. The lowest BCUT2D eigenvalue weighted by atomic mass is 10.1. The van der Waals surface area contributed by atoms with Gasteiger partial charge in [-0.05, 0) is 57.0 Å². The van der Waals surface area contributed by atoms with Crippen LogP contribution in [-0.4, -0.2) is 50.9 Å². The van der Waals surface area contributed by atoms with Crippen molar-refractivity contribution >= 4 is 27.5 Å². The summed E-state index contributed by atoms with van der Waals surface area (Å²) < 4.78 is 34.0. The summed E-state index contributed by atoms with van der Waals surface area (Å²) in [5, 5.41) is 2.93. The standard InChI is InChI=1S/C30H37N3O5S/c1-6-23(3)31-30(35)24(4)32(20-25-17-15-22(2)16-18-25)29(34)21-33(26-11-10-12-27(19-26)38-5)39(36,37)28-13-8-7-9-14-28/h7-19,23-24H,6,20-21H2,1-5H3,(H,31,35)/t23-,24+/m1/s1. The average molecular weight is 552 g/mol. The molecule has 3 aromatic rings. The molecule has 0 aliphatic rings. The van der Waals surface area contributed by atoms with Gasteiger partial charge >= 0.3 is 0 Å². The van der Waals surface area contributed by atoms with Crippen molar-refractivity contribution < 1.29 is 22.7 Å². The molecule has 0 aliphatic carbocycles. The van der Waals surface area contributed by atoms with E-state index < -0.39 is 28.5 Å². The van der Waals surface area contributed by atoms with Gasteiger partial charge in [0.05, 0.1) is 17.7 Å². The zero-order valence-corrected chi connectivity index (χ0v) is 23.9. The Balaban J connectivity index is 2.02. The molecule has 0 aromatic heterocycles. The van der Waals surface area contributed by atoms with Gasteiger partial charge in [0.15, 0.2) is 0 Å². The Hall–Kier alpha value is -3.85. The van der Waals surface area contributed by atoms with E-state index in [1.165, 1.54) is 24.1 Å². The minimum absolute atomic E-state index is 0.0493. The van der Waals surface area contributed by atoms with E-state index >= 15 is 0 Å². The number of benzene rings is 3. The third kappa shape index (κ3) is 7.60. The first-order valence-corrected chi connectivity index (χ1v) is 14.4. The van der Waals surface area contributed by atoms with E-state index in [1.807, 2.05) is 45.0 Å². The average Bonchev–Trinajstić information content (AvgIpc) is 2.95. The van der Waals surface area contributed by atoms with Crippen LogP contribution in [0.4, 0.5) is 5.69 Å². The lowest BCUT2D eigenvalue weighted by Gasteiger charge is -2.32. The third-order valence-corrected chi connectivity index (χ3v) is 8.38. The summed E-state index contributed by atoms with van der Waals surface area (Å²) in [6.45, 7) is 7.13. The molecule has 3 aromatic carbocycles. The summed E-state index contributed by atoms with van der Waals surface area (Å²) in [5.41, 5.74) is 2.17. The Bertz CT molecular complexity index is 1360. The zero-order chi connectivity index (χ0) is 28.6. The highest BCUT2D eigenvalue weighted by atomic mass is 32.2. The third-order valence-electron chi connectivity index (χ3n) is 6.59. The first kappa shape index (κ1) is 29.7. The lowest BCUT2D eigenvalue weighted by Crippen LogP contribution is -2.52. The van der Waals surface area contributed by atoms with E-state index in [1.54, 1.807) is 49.4 Å². The van der Waals surface area contributed by atoms with E-state index in [0.717, 1.165) is 21.9 Å². The minimum atomic E-state index is -4.13. The van der Waals surface area contributed by atoms with Crippen molar-refractivity contribution in [3.8, 4) is 5.75 Å². The quantitative estimate of drug-likeness (QED) is 0.357. The highest BCUT2D eigenvalue weighted by Gasteiger charge is 2.32. The smallest absolute Gasteiger partial charge is 0.264 e. The van der Waals surface area contributed by atoms with Gasteiger partial charge in [0.1, 0.15) is 18.3 Å². The number of hydrogen-bond donors (Lipinski definition) is 1. The summed E-state index contributed by atoms with van der Waals surface area (Å²) in [6, 6.07) is 21.3. The van der Waals surface area contributed by atoms with Crippen LogP contribution in [0.25, 0.3) is 0 Å². The number of aryl methyl sites for hydroxylation is 1. The molecule has 0 fully saturated rings. The van der Waals surface area contributed by atoms with Crippen LogP contribution in [0.1, 0.15) is 38.3 Å². The van der Waals surface area contributed by atoms with Crippen molar-refractivity contribution in [2.75, 3.05) is 18.0 Å². The normalized spacial score (nSPS) is 12.7. The van der Waals surface area contributed by atoms with Gasteiger partial charge in [-0.25, -0.2) is 8.42 Å². The number of amides is 2. The SMILES string of the molecule is CC[C@@H](C)NC(=O)[C@H](C)N(Cc1ccc(C)cc1)C(=O)CN(c1cccc(OC)c1)S(=O)(=O)c1ccccc1. The Morgan fingerprint density at radius 3 is 2.23 bits per heavy atom. The molecule has 0 unspecified atom stereocenters. The summed E-state index contributed by atoms with van der Waals surface area (Å²) in [4.78, 5) is 28.5. The monoisotopic (exact) mass is 551 g/mol. The highest BCUT2D eigenvalue weighted by Crippen LogP contribution is 2.27. The Labute approximate surface area is 231 Å². The molecule has 3 rings (SSSR count). The van der Waals surface area contributed by atoms with Gasteiger partial charge in [-0.15, -0.1) is 0 Å². The van der Waals surface area contributed by atoms with Gasteiger partial charge in [-0.1, -0.05) is 61.0 Å². The molecule has 0 saturated heterocycles. The van der Waals surface area contributed by atoms with Gasteiger partial charge < -0.3 is 15.0 Å². The van der Waals surface area contributed by atoms with Crippen LogP contribution in [-0.2, 0) is 26.2 Å². The van der Waals surface area contributed by atoms with Crippen LogP contribution in [0.3, 0.4) is 0 Å². The molecule has 1 N–H and O–H groups in total. The fourth-order valence-electron chi connectivity index (χ4n) is 3.95. The first-order chi connectivity index (χ1) is 18.6. The summed E-state index contributed by atoms with van der Waals surface area (Å²) in [6.07, 6.45) is 0.739. The summed E-state index contributed by atoms with van der Waals surface area (Å²) in [7, 11) is -2.64. The van der Waals surface area contributed by atoms with Gasteiger partial charge in [-0.3, -0.25) is 13.9 Å². The molecule has 0 aliphatic heterocycles. The molecule has 39 heavy (non-hydrogen) atoms. The number of hydrogen-bond acceptors (Lipinski definition) is 5. The van der Waals surface area contributed by atoms with Crippen LogP contribution in [0.15, 0.2) is 83.8 Å². The largest absolute Gasteiger partial charge is 0.497 e. The molecule has 9 heteroatoms.